The molecular weight excluding hydrogens is 450 g/mol. The van der Waals surface area contributed by atoms with E-state index >= 15 is 0 Å². The zero-order valence-electron chi connectivity index (χ0n) is 14.2. The molecule has 1 aliphatic rings. The van der Waals surface area contributed by atoms with Crippen molar-refractivity contribution >= 4 is 67.9 Å². The Morgan fingerprint density at radius 3 is 2.70 bits per heavy atom. The largest absolute Gasteiger partial charge is 0.481 e. The van der Waals surface area contributed by atoms with E-state index in [1.165, 1.54) is 23.8 Å². The first-order valence-electron chi connectivity index (χ1n) is 7.82. The molecule has 2 aromatic carbocycles. The van der Waals surface area contributed by atoms with Crippen LogP contribution in [0.3, 0.4) is 0 Å². The van der Waals surface area contributed by atoms with Gasteiger partial charge in [0, 0.05) is 10.0 Å². The van der Waals surface area contributed by atoms with E-state index in [2.05, 4.69) is 20.7 Å². The SMILES string of the molecule is COC(=O)COc1ccc(Br)cc1/C=C1/SC(=S)N(c2ccccc2)C1=O. The number of anilines is 1. The van der Waals surface area contributed by atoms with Gasteiger partial charge in [0.15, 0.2) is 10.9 Å². The maximum absolute atomic E-state index is 12.9. The molecule has 0 bridgehead atoms. The third-order valence-corrected chi connectivity index (χ3v) is 5.44. The fourth-order valence-electron chi connectivity index (χ4n) is 2.37. The van der Waals surface area contributed by atoms with Gasteiger partial charge in [-0.2, -0.15) is 0 Å². The Kier molecular flexibility index (Phi) is 6.30. The van der Waals surface area contributed by atoms with Crippen molar-refractivity contribution in [3.63, 3.8) is 0 Å². The van der Waals surface area contributed by atoms with Gasteiger partial charge >= 0.3 is 5.97 Å². The predicted molar refractivity (Wildman–Crippen MR) is 114 cm³/mol. The number of para-hydroxylation sites is 1. The molecule has 27 heavy (non-hydrogen) atoms. The minimum atomic E-state index is -0.487. The molecule has 1 aliphatic heterocycles. The Balaban J connectivity index is 1.90. The lowest BCUT2D eigenvalue weighted by atomic mass is 10.2. The second-order valence-electron chi connectivity index (χ2n) is 5.40. The first-order chi connectivity index (χ1) is 13.0. The molecule has 0 atom stereocenters. The maximum Gasteiger partial charge on any atom is 0.343 e. The van der Waals surface area contributed by atoms with Gasteiger partial charge in [0.1, 0.15) is 5.75 Å². The molecular formula is C19H14BrNO4S2. The van der Waals surface area contributed by atoms with Gasteiger partial charge in [-0.15, -0.1) is 0 Å². The van der Waals surface area contributed by atoms with Crippen molar-refractivity contribution in [2.24, 2.45) is 0 Å². The third kappa shape index (κ3) is 4.58. The first kappa shape index (κ1) is 19.6. The molecule has 0 unspecified atom stereocenters. The Labute approximate surface area is 174 Å². The molecule has 2 aromatic rings. The van der Waals surface area contributed by atoms with Crippen LogP contribution in [0.15, 0.2) is 57.9 Å². The minimum absolute atomic E-state index is 0.199. The summed E-state index contributed by atoms with van der Waals surface area (Å²) in [6.07, 6.45) is 1.71. The lowest BCUT2D eigenvalue weighted by molar-refractivity contribution is -0.142. The average Bonchev–Trinajstić information content (AvgIpc) is 2.94. The number of hydrogen-bond acceptors (Lipinski definition) is 6. The Morgan fingerprint density at radius 1 is 1.26 bits per heavy atom. The van der Waals surface area contributed by atoms with Crippen LogP contribution in [0.4, 0.5) is 5.69 Å². The molecule has 8 heteroatoms. The number of carbonyl (C=O) groups excluding carboxylic acids is 2. The van der Waals surface area contributed by atoms with E-state index in [1.54, 1.807) is 18.2 Å². The quantitative estimate of drug-likeness (QED) is 0.371. The van der Waals surface area contributed by atoms with Crippen LogP contribution in [0.1, 0.15) is 5.56 Å². The van der Waals surface area contributed by atoms with Crippen molar-refractivity contribution in [1.29, 1.82) is 0 Å². The summed E-state index contributed by atoms with van der Waals surface area (Å²) in [5.74, 6) is -0.219. The van der Waals surface area contributed by atoms with Crippen LogP contribution in [0.2, 0.25) is 0 Å². The van der Waals surface area contributed by atoms with Crippen molar-refractivity contribution in [2.45, 2.75) is 0 Å². The van der Waals surface area contributed by atoms with Gasteiger partial charge in [0.25, 0.3) is 5.91 Å². The molecule has 5 nitrogen and oxygen atoms in total. The van der Waals surface area contributed by atoms with E-state index in [1.807, 2.05) is 36.4 Å². The molecule has 0 radical (unpaired) electrons. The monoisotopic (exact) mass is 463 g/mol. The zero-order chi connectivity index (χ0) is 19.4. The lowest BCUT2D eigenvalue weighted by Gasteiger charge is -2.14. The highest BCUT2D eigenvalue weighted by molar-refractivity contribution is 9.10. The lowest BCUT2D eigenvalue weighted by Crippen LogP contribution is -2.27. The van der Waals surface area contributed by atoms with E-state index < -0.39 is 5.97 Å². The highest BCUT2D eigenvalue weighted by atomic mass is 79.9. The van der Waals surface area contributed by atoms with Crippen LogP contribution in [-0.4, -0.2) is 29.9 Å². The van der Waals surface area contributed by atoms with Crippen LogP contribution in [0, 0.1) is 0 Å². The van der Waals surface area contributed by atoms with Crippen LogP contribution in [0.5, 0.6) is 5.75 Å². The summed E-state index contributed by atoms with van der Waals surface area (Å²) >= 11 is 10.0. The number of benzene rings is 2. The van der Waals surface area contributed by atoms with Crippen LogP contribution >= 0.6 is 39.9 Å². The maximum atomic E-state index is 12.9. The fourth-order valence-corrected chi connectivity index (χ4v) is 4.04. The van der Waals surface area contributed by atoms with E-state index in [9.17, 15) is 9.59 Å². The average molecular weight is 464 g/mol. The van der Waals surface area contributed by atoms with Crippen LogP contribution in [-0.2, 0) is 14.3 Å². The number of thioether (sulfide) groups is 1. The van der Waals surface area contributed by atoms with Gasteiger partial charge < -0.3 is 9.47 Å². The summed E-state index contributed by atoms with van der Waals surface area (Å²) < 4.78 is 11.4. The first-order valence-corrected chi connectivity index (χ1v) is 9.83. The topological polar surface area (TPSA) is 55.8 Å². The van der Waals surface area contributed by atoms with Crippen molar-refractivity contribution in [3.8, 4) is 5.75 Å². The molecule has 1 amide bonds. The number of nitrogens with zero attached hydrogens (tertiary/aromatic N) is 1. The number of ether oxygens (including phenoxy) is 2. The van der Waals surface area contributed by atoms with E-state index in [4.69, 9.17) is 17.0 Å². The van der Waals surface area contributed by atoms with Crippen molar-refractivity contribution in [1.82, 2.24) is 0 Å². The van der Waals surface area contributed by atoms with Gasteiger partial charge in [-0.05, 0) is 36.4 Å². The molecule has 1 fully saturated rings. The number of thiocarbonyl (C=S) groups is 1. The number of hydrogen-bond donors (Lipinski definition) is 0. The van der Waals surface area contributed by atoms with E-state index in [0.717, 1.165) is 10.2 Å². The summed E-state index contributed by atoms with van der Waals surface area (Å²) in [5.41, 5.74) is 1.38. The van der Waals surface area contributed by atoms with Gasteiger partial charge in [-0.3, -0.25) is 9.69 Å². The van der Waals surface area contributed by atoms with Crippen LogP contribution in [0.25, 0.3) is 6.08 Å². The molecule has 1 heterocycles. The Bertz CT molecular complexity index is 931. The highest BCUT2D eigenvalue weighted by Gasteiger charge is 2.33. The van der Waals surface area contributed by atoms with Crippen LogP contribution < -0.4 is 9.64 Å². The summed E-state index contributed by atoms with van der Waals surface area (Å²) in [6.45, 7) is -0.218. The predicted octanol–water partition coefficient (Wildman–Crippen LogP) is 4.41. The number of methoxy groups -OCH3 is 1. The standard InChI is InChI=1S/C19H14BrNO4S2/c1-24-17(22)11-25-15-8-7-13(20)9-12(15)10-16-18(23)21(19(26)27-16)14-5-3-2-4-6-14/h2-10H,11H2,1H3/b16-10+. The smallest absolute Gasteiger partial charge is 0.343 e. The number of esters is 1. The summed E-state index contributed by atoms with van der Waals surface area (Å²) in [5, 5.41) is 0. The number of carbonyl (C=O) groups is 2. The summed E-state index contributed by atoms with van der Waals surface area (Å²) in [6, 6.07) is 14.6. The van der Waals surface area contributed by atoms with Gasteiger partial charge in [-0.25, -0.2) is 4.79 Å². The Hall–Kier alpha value is -2.16. The molecule has 0 spiro atoms. The minimum Gasteiger partial charge on any atom is -0.481 e. The van der Waals surface area contributed by atoms with Gasteiger partial charge in [0.2, 0.25) is 0 Å². The van der Waals surface area contributed by atoms with E-state index in [-0.39, 0.29) is 12.5 Å². The number of rotatable bonds is 5. The van der Waals surface area contributed by atoms with Gasteiger partial charge in [-0.1, -0.05) is 58.1 Å². The second kappa shape index (κ2) is 8.69. The molecule has 3 rings (SSSR count). The van der Waals surface area contributed by atoms with Gasteiger partial charge in [0.05, 0.1) is 17.7 Å². The van der Waals surface area contributed by atoms with Crippen molar-refractivity contribution in [3.05, 3.63) is 63.5 Å². The molecule has 0 aromatic heterocycles. The van der Waals surface area contributed by atoms with Crippen molar-refractivity contribution < 1.29 is 19.1 Å². The van der Waals surface area contributed by atoms with E-state index in [0.29, 0.717) is 20.5 Å². The molecule has 0 aliphatic carbocycles. The zero-order valence-corrected chi connectivity index (χ0v) is 17.4. The van der Waals surface area contributed by atoms with Crippen molar-refractivity contribution in [2.75, 3.05) is 18.6 Å². The Morgan fingerprint density at radius 2 is 2.00 bits per heavy atom. The summed E-state index contributed by atoms with van der Waals surface area (Å²) in [7, 11) is 1.29. The molecule has 0 N–H and O–H groups in total. The normalized spacial score (nSPS) is 15.3. The summed E-state index contributed by atoms with van der Waals surface area (Å²) in [4.78, 5) is 26.2. The number of halogens is 1. The fraction of sp³-hybridized carbons (Fsp3) is 0.105. The molecule has 138 valence electrons. The molecule has 0 saturated carbocycles. The second-order valence-corrected chi connectivity index (χ2v) is 7.99. The third-order valence-electron chi connectivity index (χ3n) is 3.64. The highest BCUT2D eigenvalue weighted by Crippen LogP contribution is 2.37. The number of amides is 1. The molecule has 1 saturated heterocycles.